The number of Topliss-reactive ketones (excluding diaryl/α,β-unsaturated/α-hetero) is 2. The lowest BCUT2D eigenvalue weighted by molar-refractivity contribution is -0.152. The molecular weight excluding hydrogens is 200 g/mol. The largest absolute Gasteiger partial charge is 0.475 e. The second-order valence-electron chi connectivity index (χ2n) is 2.80. The molecule has 1 unspecified atom stereocenters. The van der Waals surface area contributed by atoms with Crippen LogP contribution in [0.5, 0.6) is 0 Å². The van der Waals surface area contributed by atoms with Crippen molar-refractivity contribution in [1.82, 2.24) is 0 Å². The van der Waals surface area contributed by atoms with Crippen molar-refractivity contribution >= 4 is 17.5 Å². The number of carboxylic acid groups (broad SMARTS) is 1. The highest BCUT2D eigenvalue weighted by atomic mass is 16.4. The molecule has 5 heteroatoms. The summed E-state index contributed by atoms with van der Waals surface area (Å²) in [6.07, 6.45) is -2.13. The van der Waals surface area contributed by atoms with Crippen LogP contribution in [-0.2, 0) is 9.59 Å². The van der Waals surface area contributed by atoms with Gasteiger partial charge < -0.3 is 10.2 Å². The summed E-state index contributed by atoms with van der Waals surface area (Å²) >= 11 is 0. The van der Waals surface area contributed by atoms with Crippen molar-refractivity contribution in [2.45, 2.75) is 6.10 Å². The van der Waals surface area contributed by atoms with Gasteiger partial charge in [0.15, 0.2) is 11.9 Å². The zero-order valence-electron chi connectivity index (χ0n) is 7.58. The minimum absolute atomic E-state index is 0.0969. The third-order valence-corrected chi connectivity index (χ3v) is 1.77. The number of aliphatic hydroxyl groups excluding tert-OH is 1. The molecule has 1 atom stereocenters. The molecule has 5 nitrogen and oxygen atoms in total. The molecule has 0 aliphatic carbocycles. The lowest BCUT2D eigenvalue weighted by atomic mass is 10.0. The number of ketones is 2. The van der Waals surface area contributed by atoms with Crippen LogP contribution in [0.3, 0.4) is 0 Å². The summed E-state index contributed by atoms with van der Waals surface area (Å²) in [7, 11) is 0. The summed E-state index contributed by atoms with van der Waals surface area (Å²) in [5.74, 6) is -4.27. The monoisotopic (exact) mass is 208 g/mol. The Hall–Kier alpha value is -2.01. The Balaban J connectivity index is 2.87. The Labute approximate surface area is 85.0 Å². The number of rotatable bonds is 4. The van der Waals surface area contributed by atoms with Crippen LogP contribution in [-0.4, -0.2) is 33.9 Å². The maximum absolute atomic E-state index is 11.4. The molecule has 1 aromatic carbocycles. The van der Waals surface area contributed by atoms with Crippen molar-refractivity contribution in [3.63, 3.8) is 0 Å². The van der Waals surface area contributed by atoms with E-state index in [2.05, 4.69) is 0 Å². The number of hydrogen-bond acceptors (Lipinski definition) is 4. The Morgan fingerprint density at radius 1 is 1.07 bits per heavy atom. The molecule has 0 radical (unpaired) electrons. The Kier molecular flexibility index (Phi) is 3.30. The zero-order chi connectivity index (χ0) is 11.4. The molecule has 0 fully saturated rings. The van der Waals surface area contributed by atoms with Gasteiger partial charge in [-0.3, -0.25) is 9.59 Å². The minimum atomic E-state index is -2.13. The number of aliphatic hydroxyl groups is 1. The van der Waals surface area contributed by atoms with Gasteiger partial charge in [-0.2, -0.15) is 0 Å². The molecule has 1 aromatic rings. The zero-order valence-corrected chi connectivity index (χ0v) is 7.58. The van der Waals surface area contributed by atoms with Crippen molar-refractivity contribution in [2.24, 2.45) is 0 Å². The van der Waals surface area contributed by atoms with Crippen LogP contribution in [0, 0.1) is 0 Å². The van der Waals surface area contributed by atoms with Crippen molar-refractivity contribution in [1.29, 1.82) is 0 Å². The third-order valence-electron chi connectivity index (χ3n) is 1.77. The standard InChI is InChI=1S/C10H8O5/c11-7(6-4-2-1-3-5-6)8(12)9(13)10(14)15/h1-5,8,12H,(H,14,15). The topological polar surface area (TPSA) is 91.7 Å². The van der Waals surface area contributed by atoms with Gasteiger partial charge in [0.2, 0.25) is 0 Å². The highest BCUT2D eigenvalue weighted by Crippen LogP contribution is 2.04. The summed E-state index contributed by atoms with van der Waals surface area (Å²) < 4.78 is 0. The van der Waals surface area contributed by atoms with E-state index in [1.807, 2.05) is 0 Å². The predicted octanol–water partition coefficient (Wildman–Crippen LogP) is -0.116. The first-order chi connectivity index (χ1) is 7.04. The summed E-state index contributed by atoms with van der Waals surface area (Å²) in [5.41, 5.74) is 0.0969. The first-order valence-electron chi connectivity index (χ1n) is 4.08. The van der Waals surface area contributed by atoms with Gasteiger partial charge >= 0.3 is 5.97 Å². The summed E-state index contributed by atoms with van der Waals surface area (Å²) in [4.78, 5) is 32.4. The second-order valence-corrected chi connectivity index (χ2v) is 2.80. The van der Waals surface area contributed by atoms with Crippen LogP contribution in [0.15, 0.2) is 30.3 Å². The summed E-state index contributed by atoms with van der Waals surface area (Å²) in [6, 6.07) is 7.53. The van der Waals surface area contributed by atoms with E-state index in [1.54, 1.807) is 18.2 Å². The van der Waals surface area contributed by atoms with Crippen LogP contribution in [0.4, 0.5) is 0 Å². The van der Waals surface area contributed by atoms with Crippen molar-refractivity contribution in [2.75, 3.05) is 0 Å². The van der Waals surface area contributed by atoms with E-state index in [0.717, 1.165) is 0 Å². The molecule has 0 saturated carbocycles. The molecule has 0 aliphatic heterocycles. The van der Waals surface area contributed by atoms with Crippen LogP contribution >= 0.6 is 0 Å². The predicted molar refractivity (Wildman–Crippen MR) is 49.4 cm³/mol. The normalized spacial score (nSPS) is 11.8. The van der Waals surface area contributed by atoms with E-state index in [9.17, 15) is 14.4 Å². The average molecular weight is 208 g/mol. The SMILES string of the molecule is O=C(O)C(=O)C(O)C(=O)c1ccccc1. The van der Waals surface area contributed by atoms with E-state index >= 15 is 0 Å². The summed E-state index contributed by atoms with van der Waals surface area (Å²) in [5, 5.41) is 17.4. The van der Waals surface area contributed by atoms with Crippen molar-refractivity contribution in [3.8, 4) is 0 Å². The second kappa shape index (κ2) is 4.47. The van der Waals surface area contributed by atoms with Crippen LogP contribution in [0.2, 0.25) is 0 Å². The molecule has 0 bridgehead atoms. The van der Waals surface area contributed by atoms with E-state index in [1.165, 1.54) is 12.1 Å². The maximum Gasteiger partial charge on any atom is 0.375 e. The number of carbonyl (C=O) groups is 3. The van der Waals surface area contributed by atoms with Gasteiger partial charge in [0, 0.05) is 5.56 Å². The molecule has 0 aliphatic rings. The fraction of sp³-hybridized carbons (Fsp3) is 0.100. The van der Waals surface area contributed by atoms with Gasteiger partial charge in [0.05, 0.1) is 0 Å². The maximum atomic E-state index is 11.4. The Morgan fingerprint density at radius 2 is 1.60 bits per heavy atom. The third kappa shape index (κ3) is 2.47. The van der Waals surface area contributed by atoms with E-state index in [4.69, 9.17) is 10.2 Å². The van der Waals surface area contributed by atoms with Gasteiger partial charge in [-0.1, -0.05) is 30.3 Å². The van der Waals surface area contributed by atoms with Gasteiger partial charge in [0.1, 0.15) is 0 Å². The fourth-order valence-electron chi connectivity index (χ4n) is 0.996. The number of hydrogen-bond donors (Lipinski definition) is 2. The number of aliphatic carboxylic acids is 1. The molecule has 15 heavy (non-hydrogen) atoms. The molecular formula is C10H8O5. The van der Waals surface area contributed by atoms with Gasteiger partial charge in [-0.05, 0) is 0 Å². The molecule has 78 valence electrons. The molecule has 0 heterocycles. The van der Waals surface area contributed by atoms with Crippen LogP contribution in [0.25, 0.3) is 0 Å². The van der Waals surface area contributed by atoms with Gasteiger partial charge in [-0.25, -0.2) is 4.79 Å². The molecule has 2 N–H and O–H groups in total. The Morgan fingerprint density at radius 3 is 2.07 bits per heavy atom. The Bertz CT molecular complexity index is 396. The van der Waals surface area contributed by atoms with Crippen LogP contribution in [0.1, 0.15) is 10.4 Å². The van der Waals surface area contributed by atoms with Crippen LogP contribution < -0.4 is 0 Å². The highest BCUT2D eigenvalue weighted by Gasteiger charge is 2.29. The lowest BCUT2D eigenvalue weighted by Crippen LogP contribution is -2.35. The van der Waals surface area contributed by atoms with E-state index < -0.39 is 23.6 Å². The van der Waals surface area contributed by atoms with Crippen molar-refractivity contribution in [3.05, 3.63) is 35.9 Å². The quantitative estimate of drug-likeness (QED) is 0.409. The summed E-state index contributed by atoms with van der Waals surface area (Å²) in [6.45, 7) is 0. The average Bonchev–Trinajstić information content (AvgIpc) is 2.27. The number of carboxylic acids is 1. The molecule has 1 rings (SSSR count). The molecule has 0 saturated heterocycles. The number of carbonyl (C=O) groups excluding carboxylic acids is 2. The first kappa shape index (κ1) is 11.1. The van der Waals surface area contributed by atoms with E-state index in [0.29, 0.717) is 0 Å². The van der Waals surface area contributed by atoms with Gasteiger partial charge in [-0.15, -0.1) is 0 Å². The highest BCUT2D eigenvalue weighted by molar-refractivity contribution is 6.40. The first-order valence-corrected chi connectivity index (χ1v) is 4.08. The van der Waals surface area contributed by atoms with Gasteiger partial charge in [0.25, 0.3) is 5.78 Å². The lowest BCUT2D eigenvalue weighted by Gasteiger charge is -2.04. The number of benzene rings is 1. The minimum Gasteiger partial charge on any atom is -0.475 e. The smallest absolute Gasteiger partial charge is 0.375 e. The van der Waals surface area contributed by atoms with Crippen molar-refractivity contribution < 1.29 is 24.6 Å². The molecule has 0 spiro atoms. The fourth-order valence-corrected chi connectivity index (χ4v) is 0.996. The molecule has 0 aromatic heterocycles. The molecule has 0 amide bonds. The van der Waals surface area contributed by atoms with E-state index in [-0.39, 0.29) is 5.56 Å².